The van der Waals surface area contributed by atoms with E-state index >= 15 is 0 Å². The summed E-state index contributed by atoms with van der Waals surface area (Å²) < 4.78 is 2.30. The summed E-state index contributed by atoms with van der Waals surface area (Å²) in [6.45, 7) is 0. The molecule has 1 N–H and O–H groups in total. The lowest BCUT2D eigenvalue weighted by molar-refractivity contribution is 1.26. The van der Waals surface area contributed by atoms with Crippen LogP contribution in [0.5, 0.6) is 0 Å². The Bertz CT molecular complexity index is 1450. The van der Waals surface area contributed by atoms with E-state index < -0.39 is 0 Å². The maximum Gasteiger partial charge on any atom is 0.0793 e. The Labute approximate surface area is 162 Å². The van der Waals surface area contributed by atoms with Crippen molar-refractivity contribution in [3.63, 3.8) is 0 Å². The van der Waals surface area contributed by atoms with Crippen molar-refractivity contribution >= 4 is 27.5 Å². The molecule has 6 aromatic rings. The molecule has 0 aliphatic heterocycles. The zero-order valence-electron chi connectivity index (χ0n) is 15.3. The topological polar surface area (TPSA) is 20.2 Å². The third-order valence-electron chi connectivity index (χ3n) is 5.54. The van der Waals surface area contributed by atoms with Gasteiger partial charge in [-0.25, -0.2) is 0 Å². The minimum Gasteiger partial charge on any atom is -0.353 e. The van der Waals surface area contributed by atoms with Crippen molar-refractivity contribution in [2.24, 2.45) is 0 Å². The summed E-state index contributed by atoms with van der Waals surface area (Å²) in [4.78, 5) is 3.67. The molecule has 0 aliphatic rings. The number of benzene rings is 3. The molecule has 0 unspecified atom stereocenters. The molecule has 0 saturated carbocycles. The van der Waals surface area contributed by atoms with Crippen molar-refractivity contribution in [2.45, 2.75) is 0 Å². The van der Waals surface area contributed by atoms with Crippen molar-refractivity contribution in [3.05, 3.63) is 103 Å². The number of hydrogen-bond acceptors (Lipinski definition) is 0. The summed E-state index contributed by atoms with van der Waals surface area (Å²) in [6.07, 6.45) is 2.16. The lowest BCUT2D eigenvalue weighted by Crippen LogP contribution is -1.84. The highest BCUT2D eigenvalue weighted by Gasteiger charge is 2.17. The Morgan fingerprint density at radius 2 is 1.36 bits per heavy atom. The number of para-hydroxylation sites is 1. The predicted molar refractivity (Wildman–Crippen MR) is 118 cm³/mol. The fraction of sp³-hybridized carbons (Fsp3) is 0. The number of hydrogen-bond donors (Lipinski definition) is 1. The first-order valence-electron chi connectivity index (χ1n) is 9.55. The molecular weight excluding hydrogens is 340 g/mol. The highest BCUT2D eigenvalue weighted by atomic mass is 14.9. The van der Waals surface area contributed by atoms with Gasteiger partial charge in [0.25, 0.3) is 0 Å². The molecule has 28 heavy (non-hydrogen) atoms. The Balaban J connectivity index is 1.70. The summed E-state index contributed by atoms with van der Waals surface area (Å²) in [5, 5.41) is 1.25. The molecule has 0 spiro atoms. The van der Waals surface area contributed by atoms with Crippen molar-refractivity contribution in [3.8, 4) is 22.3 Å². The van der Waals surface area contributed by atoms with E-state index in [1.165, 1.54) is 49.7 Å². The first kappa shape index (κ1) is 15.3. The lowest BCUT2D eigenvalue weighted by Gasteiger charge is -2.06. The highest BCUT2D eigenvalue weighted by molar-refractivity contribution is 6.15. The molecule has 0 bridgehead atoms. The Hall–Kier alpha value is -3.78. The Morgan fingerprint density at radius 1 is 0.607 bits per heavy atom. The van der Waals surface area contributed by atoms with Gasteiger partial charge in [0.05, 0.1) is 16.6 Å². The van der Waals surface area contributed by atoms with Crippen molar-refractivity contribution in [1.82, 2.24) is 9.38 Å². The van der Waals surface area contributed by atoms with E-state index in [1.54, 1.807) is 0 Å². The predicted octanol–water partition coefficient (Wildman–Crippen LogP) is 6.91. The van der Waals surface area contributed by atoms with E-state index in [4.69, 9.17) is 0 Å². The SMILES string of the molecule is c1ccc(-c2cccc(-c3c4[nH]c5ccccc5c4n4ccccc34)c2)cc1. The normalized spacial score (nSPS) is 11.6. The van der Waals surface area contributed by atoms with Crippen LogP contribution in [0.3, 0.4) is 0 Å². The van der Waals surface area contributed by atoms with Crippen LogP contribution in [0.2, 0.25) is 0 Å². The molecule has 0 amide bonds. The first-order chi connectivity index (χ1) is 13.9. The number of aromatic amines is 1. The van der Waals surface area contributed by atoms with Gasteiger partial charge in [-0.3, -0.25) is 0 Å². The van der Waals surface area contributed by atoms with E-state index in [0.29, 0.717) is 0 Å². The van der Waals surface area contributed by atoms with Crippen LogP contribution in [0.4, 0.5) is 0 Å². The van der Waals surface area contributed by atoms with E-state index in [9.17, 15) is 0 Å². The summed E-state index contributed by atoms with van der Waals surface area (Å²) in [6, 6.07) is 34.3. The molecule has 0 fully saturated rings. The standard InChI is InChI=1S/C26H18N2/c1-2-9-18(10-3-1)19-11-8-12-20(17-19)24-23-15-6-7-16-28(23)26-21-13-4-5-14-22(21)27-25(24)26/h1-17,27H. The molecular formula is C26H18N2. The summed E-state index contributed by atoms with van der Waals surface area (Å²) >= 11 is 0. The number of rotatable bonds is 2. The number of pyridine rings is 1. The van der Waals surface area contributed by atoms with Gasteiger partial charge in [0.15, 0.2) is 0 Å². The minimum atomic E-state index is 1.17. The van der Waals surface area contributed by atoms with E-state index in [0.717, 1.165) is 0 Å². The second-order valence-corrected chi connectivity index (χ2v) is 7.17. The largest absolute Gasteiger partial charge is 0.353 e. The molecule has 3 aromatic heterocycles. The summed E-state index contributed by atoms with van der Waals surface area (Å²) in [7, 11) is 0. The molecule has 3 heterocycles. The summed E-state index contributed by atoms with van der Waals surface area (Å²) in [5.41, 5.74) is 9.78. The van der Waals surface area contributed by atoms with Crippen LogP contribution in [0, 0.1) is 0 Å². The quantitative estimate of drug-likeness (QED) is 0.347. The van der Waals surface area contributed by atoms with Gasteiger partial charge in [-0.15, -0.1) is 0 Å². The zero-order chi connectivity index (χ0) is 18.5. The lowest BCUT2D eigenvalue weighted by atomic mass is 9.99. The molecule has 2 heteroatoms. The van der Waals surface area contributed by atoms with Crippen LogP contribution >= 0.6 is 0 Å². The molecule has 2 nitrogen and oxygen atoms in total. The number of fused-ring (bicyclic) bond motifs is 5. The summed E-state index contributed by atoms with van der Waals surface area (Å²) in [5.74, 6) is 0. The van der Waals surface area contributed by atoms with Crippen molar-refractivity contribution in [2.75, 3.05) is 0 Å². The van der Waals surface area contributed by atoms with Gasteiger partial charge >= 0.3 is 0 Å². The zero-order valence-corrected chi connectivity index (χ0v) is 15.3. The molecule has 0 aliphatic carbocycles. The highest BCUT2D eigenvalue weighted by Crippen LogP contribution is 2.39. The second-order valence-electron chi connectivity index (χ2n) is 7.17. The molecule has 6 rings (SSSR count). The molecule has 0 radical (unpaired) electrons. The average molecular weight is 358 g/mol. The monoisotopic (exact) mass is 358 g/mol. The third-order valence-corrected chi connectivity index (χ3v) is 5.54. The number of nitrogens with one attached hydrogen (secondary N) is 1. The first-order valence-corrected chi connectivity index (χ1v) is 9.55. The van der Waals surface area contributed by atoms with Crippen LogP contribution in [-0.2, 0) is 0 Å². The van der Waals surface area contributed by atoms with Crippen LogP contribution in [-0.4, -0.2) is 9.38 Å². The fourth-order valence-electron chi connectivity index (χ4n) is 4.31. The molecule has 0 saturated heterocycles. The average Bonchev–Trinajstić information content (AvgIpc) is 3.29. The van der Waals surface area contributed by atoms with Crippen LogP contribution in [0.1, 0.15) is 0 Å². The smallest absolute Gasteiger partial charge is 0.0793 e. The number of nitrogens with zero attached hydrogens (tertiary/aromatic N) is 1. The van der Waals surface area contributed by atoms with Crippen LogP contribution in [0.25, 0.3) is 49.7 Å². The second kappa shape index (κ2) is 5.86. The minimum absolute atomic E-state index is 1.17. The molecule has 132 valence electrons. The van der Waals surface area contributed by atoms with Gasteiger partial charge < -0.3 is 9.38 Å². The van der Waals surface area contributed by atoms with E-state index in [2.05, 4.69) is 113 Å². The molecule has 0 atom stereocenters. The Morgan fingerprint density at radius 3 is 2.29 bits per heavy atom. The van der Waals surface area contributed by atoms with Crippen LogP contribution < -0.4 is 0 Å². The van der Waals surface area contributed by atoms with Crippen LogP contribution in [0.15, 0.2) is 103 Å². The van der Waals surface area contributed by atoms with Crippen molar-refractivity contribution in [1.29, 1.82) is 0 Å². The van der Waals surface area contributed by atoms with E-state index in [1.807, 2.05) is 0 Å². The fourth-order valence-corrected chi connectivity index (χ4v) is 4.31. The van der Waals surface area contributed by atoms with Gasteiger partial charge in [0, 0.05) is 22.7 Å². The maximum atomic E-state index is 3.67. The van der Waals surface area contributed by atoms with Gasteiger partial charge in [-0.2, -0.15) is 0 Å². The number of H-pyrrole nitrogens is 1. The van der Waals surface area contributed by atoms with Crippen molar-refractivity contribution < 1.29 is 0 Å². The number of aromatic nitrogens is 2. The van der Waals surface area contributed by atoms with Gasteiger partial charge in [-0.1, -0.05) is 72.8 Å². The van der Waals surface area contributed by atoms with E-state index in [-0.39, 0.29) is 0 Å². The van der Waals surface area contributed by atoms with Gasteiger partial charge in [0.1, 0.15) is 0 Å². The third kappa shape index (κ3) is 2.15. The van der Waals surface area contributed by atoms with Gasteiger partial charge in [0.2, 0.25) is 0 Å². The Kier molecular flexibility index (Phi) is 3.20. The molecule has 3 aromatic carbocycles. The maximum absolute atomic E-state index is 3.67. The van der Waals surface area contributed by atoms with Gasteiger partial charge in [-0.05, 0) is 41.0 Å².